The lowest BCUT2D eigenvalue weighted by atomic mass is 9.96. The van der Waals surface area contributed by atoms with Crippen LogP contribution in [0.15, 0.2) is 18.7 Å². The first-order chi connectivity index (χ1) is 9.31. The van der Waals surface area contributed by atoms with Gasteiger partial charge in [0.25, 0.3) is 0 Å². The summed E-state index contributed by atoms with van der Waals surface area (Å²) in [7, 11) is 0. The van der Waals surface area contributed by atoms with Gasteiger partial charge in [-0.3, -0.25) is 0 Å². The summed E-state index contributed by atoms with van der Waals surface area (Å²) in [5.41, 5.74) is 0. The molecule has 0 radical (unpaired) electrons. The number of nitrogens with one attached hydrogen (secondary N) is 2. The fourth-order valence-corrected chi connectivity index (χ4v) is 3.78. The molecule has 2 aliphatic carbocycles. The van der Waals surface area contributed by atoms with Crippen LogP contribution in [0.2, 0.25) is 0 Å². The monoisotopic (exact) mass is 278 g/mol. The van der Waals surface area contributed by atoms with E-state index >= 15 is 0 Å². The van der Waals surface area contributed by atoms with Crippen LogP contribution in [0.1, 0.15) is 32.1 Å². The maximum Gasteiger partial charge on any atom is 0.166 e. The van der Waals surface area contributed by atoms with E-state index in [9.17, 15) is 0 Å². The molecule has 19 heavy (non-hydrogen) atoms. The molecule has 3 rings (SSSR count). The second-order valence-electron chi connectivity index (χ2n) is 5.84. The van der Waals surface area contributed by atoms with Crippen LogP contribution in [0, 0.1) is 11.8 Å². The Hall–Kier alpha value is -1.10. The molecule has 2 bridgehead atoms. The van der Waals surface area contributed by atoms with Crippen LogP contribution in [-0.2, 0) is 6.54 Å². The van der Waals surface area contributed by atoms with Gasteiger partial charge in [-0.15, -0.1) is 0 Å². The van der Waals surface area contributed by atoms with Crippen LogP contribution < -0.4 is 10.6 Å². The van der Waals surface area contributed by atoms with Gasteiger partial charge in [-0.1, -0.05) is 6.42 Å². The number of hydrogen-bond acceptors (Lipinski definition) is 2. The lowest BCUT2D eigenvalue weighted by Crippen LogP contribution is -2.44. The Labute approximate surface area is 120 Å². The lowest BCUT2D eigenvalue weighted by Gasteiger charge is -2.24. The zero-order valence-corrected chi connectivity index (χ0v) is 12.0. The number of imidazole rings is 1. The summed E-state index contributed by atoms with van der Waals surface area (Å²) >= 11 is 5.38. The highest BCUT2D eigenvalue weighted by Gasteiger charge is 2.39. The van der Waals surface area contributed by atoms with Crippen molar-refractivity contribution in [2.45, 2.75) is 44.7 Å². The van der Waals surface area contributed by atoms with Gasteiger partial charge >= 0.3 is 0 Å². The number of fused-ring (bicyclic) bond motifs is 2. The van der Waals surface area contributed by atoms with Crippen molar-refractivity contribution >= 4 is 17.3 Å². The molecule has 2 fully saturated rings. The Morgan fingerprint density at radius 1 is 1.37 bits per heavy atom. The molecule has 5 heteroatoms. The average Bonchev–Trinajstić information content (AvgIpc) is 3.11. The van der Waals surface area contributed by atoms with E-state index in [0.29, 0.717) is 6.04 Å². The van der Waals surface area contributed by atoms with E-state index in [0.717, 1.165) is 36.5 Å². The van der Waals surface area contributed by atoms with Gasteiger partial charge in [0.05, 0.1) is 6.33 Å². The maximum atomic E-state index is 5.38. The van der Waals surface area contributed by atoms with E-state index in [4.69, 9.17) is 12.2 Å². The van der Waals surface area contributed by atoms with E-state index in [1.54, 1.807) is 0 Å². The maximum absolute atomic E-state index is 5.38. The molecule has 1 heterocycles. The second kappa shape index (κ2) is 5.90. The van der Waals surface area contributed by atoms with Gasteiger partial charge in [0.15, 0.2) is 5.11 Å². The van der Waals surface area contributed by atoms with Gasteiger partial charge in [0.2, 0.25) is 0 Å². The summed E-state index contributed by atoms with van der Waals surface area (Å²) in [4.78, 5) is 4.03. The summed E-state index contributed by atoms with van der Waals surface area (Å²) in [5, 5.41) is 7.66. The third-order valence-electron chi connectivity index (χ3n) is 4.49. The molecular formula is C14H22N4S. The molecule has 2 N–H and O–H groups in total. The van der Waals surface area contributed by atoms with Crippen LogP contribution in [0.4, 0.5) is 0 Å². The fraction of sp³-hybridized carbons (Fsp3) is 0.714. The van der Waals surface area contributed by atoms with Gasteiger partial charge in [-0.05, 0) is 49.7 Å². The molecule has 1 aromatic rings. The van der Waals surface area contributed by atoms with Crippen LogP contribution in [0.3, 0.4) is 0 Å². The van der Waals surface area contributed by atoms with Crippen LogP contribution >= 0.6 is 12.2 Å². The smallest absolute Gasteiger partial charge is 0.166 e. The van der Waals surface area contributed by atoms with E-state index in [1.165, 1.54) is 25.7 Å². The van der Waals surface area contributed by atoms with Crippen molar-refractivity contribution in [2.24, 2.45) is 11.8 Å². The summed E-state index contributed by atoms with van der Waals surface area (Å²) in [6, 6.07) is 0.632. The van der Waals surface area contributed by atoms with Crippen LogP contribution in [-0.4, -0.2) is 27.3 Å². The standard InChI is InChI=1S/C14H22N4S/c19-14(16-4-1-6-18-7-5-15-10-18)17-13-9-11-2-3-12(13)8-11/h5,7,10-13H,1-4,6,8-9H2,(H2,16,17,19)/t11-,12-,13+/m0/s1. The molecule has 0 aromatic carbocycles. The molecule has 3 atom stereocenters. The van der Waals surface area contributed by atoms with Crippen molar-refractivity contribution in [3.05, 3.63) is 18.7 Å². The molecular weight excluding hydrogens is 256 g/mol. The largest absolute Gasteiger partial charge is 0.363 e. The fourth-order valence-electron chi connectivity index (χ4n) is 3.52. The van der Waals surface area contributed by atoms with Gasteiger partial charge in [-0.2, -0.15) is 0 Å². The first kappa shape index (κ1) is 12.9. The van der Waals surface area contributed by atoms with Crippen molar-refractivity contribution in [2.75, 3.05) is 6.54 Å². The summed E-state index contributed by atoms with van der Waals surface area (Å²) in [6.45, 7) is 1.91. The van der Waals surface area contributed by atoms with E-state index in [1.807, 2.05) is 18.7 Å². The molecule has 4 nitrogen and oxygen atoms in total. The number of nitrogens with zero attached hydrogens (tertiary/aromatic N) is 2. The number of hydrogen-bond donors (Lipinski definition) is 2. The van der Waals surface area contributed by atoms with Gasteiger partial charge in [0, 0.05) is 31.5 Å². The number of thiocarbonyl (C=S) groups is 1. The lowest BCUT2D eigenvalue weighted by molar-refractivity contribution is 0.389. The predicted molar refractivity (Wildman–Crippen MR) is 79.8 cm³/mol. The van der Waals surface area contributed by atoms with Crippen molar-refractivity contribution in [3.63, 3.8) is 0 Å². The number of aromatic nitrogens is 2. The van der Waals surface area contributed by atoms with Crippen LogP contribution in [0.25, 0.3) is 0 Å². The van der Waals surface area contributed by atoms with Gasteiger partial charge in [0.1, 0.15) is 0 Å². The molecule has 104 valence electrons. The van der Waals surface area contributed by atoms with Crippen molar-refractivity contribution in [1.82, 2.24) is 20.2 Å². The third kappa shape index (κ3) is 3.26. The highest BCUT2D eigenvalue weighted by molar-refractivity contribution is 7.80. The minimum Gasteiger partial charge on any atom is -0.363 e. The first-order valence-electron chi connectivity index (χ1n) is 7.31. The topological polar surface area (TPSA) is 41.9 Å². The number of rotatable bonds is 5. The molecule has 0 spiro atoms. The molecule has 2 saturated carbocycles. The zero-order valence-electron chi connectivity index (χ0n) is 11.2. The highest BCUT2D eigenvalue weighted by atomic mass is 32.1. The third-order valence-corrected chi connectivity index (χ3v) is 4.75. The van der Waals surface area contributed by atoms with Crippen molar-refractivity contribution < 1.29 is 0 Å². The Kier molecular flexibility index (Phi) is 4.01. The van der Waals surface area contributed by atoms with Gasteiger partial charge < -0.3 is 15.2 Å². The molecule has 1 aromatic heterocycles. The summed E-state index contributed by atoms with van der Waals surface area (Å²) in [5.74, 6) is 1.84. The van der Waals surface area contributed by atoms with Crippen molar-refractivity contribution in [1.29, 1.82) is 0 Å². The minimum absolute atomic E-state index is 0.632. The summed E-state index contributed by atoms with van der Waals surface area (Å²) in [6.07, 6.45) is 12.3. The van der Waals surface area contributed by atoms with Gasteiger partial charge in [-0.25, -0.2) is 4.98 Å². The Bertz CT molecular complexity index is 417. The average molecular weight is 278 g/mol. The zero-order chi connectivity index (χ0) is 13.1. The number of aryl methyl sites for hydroxylation is 1. The Balaban J connectivity index is 1.31. The molecule has 2 aliphatic rings. The normalized spacial score (nSPS) is 28.5. The molecule has 0 saturated heterocycles. The van der Waals surface area contributed by atoms with E-state index in [2.05, 4.69) is 20.2 Å². The Morgan fingerprint density at radius 2 is 2.32 bits per heavy atom. The highest BCUT2D eigenvalue weighted by Crippen LogP contribution is 2.44. The Morgan fingerprint density at radius 3 is 3.00 bits per heavy atom. The van der Waals surface area contributed by atoms with Crippen molar-refractivity contribution in [3.8, 4) is 0 Å². The SMILES string of the molecule is S=C(NCCCn1ccnc1)N[C@@H]1C[C@H]2CC[C@H]1C2. The van der Waals surface area contributed by atoms with E-state index < -0.39 is 0 Å². The van der Waals surface area contributed by atoms with E-state index in [-0.39, 0.29) is 0 Å². The first-order valence-corrected chi connectivity index (χ1v) is 7.72. The molecule has 0 aliphatic heterocycles. The summed E-state index contributed by atoms with van der Waals surface area (Å²) < 4.78 is 2.09. The predicted octanol–water partition coefficient (Wildman–Crippen LogP) is 1.93. The molecule has 0 amide bonds. The minimum atomic E-state index is 0.632. The molecule has 0 unspecified atom stereocenters. The quantitative estimate of drug-likeness (QED) is 0.638. The second-order valence-corrected chi connectivity index (χ2v) is 6.24. The van der Waals surface area contributed by atoms with Crippen LogP contribution in [0.5, 0.6) is 0 Å².